The summed E-state index contributed by atoms with van der Waals surface area (Å²) in [5, 5.41) is 0. The van der Waals surface area contributed by atoms with Gasteiger partial charge >= 0.3 is 0 Å². The predicted octanol–water partition coefficient (Wildman–Crippen LogP) is 1.93. The minimum atomic E-state index is -3.44. The zero-order valence-corrected chi connectivity index (χ0v) is 12.2. The molecule has 1 aromatic carbocycles. The normalized spacial score (nSPS) is 19.3. The Balaban J connectivity index is 2.03. The molecule has 5 heteroatoms. The highest BCUT2D eigenvalue weighted by molar-refractivity contribution is 7.89. The summed E-state index contributed by atoms with van der Waals surface area (Å²) in [6, 6.07) is 6.85. The number of hydrogen-bond acceptors (Lipinski definition) is 3. The lowest BCUT2D eigenvalue weighted by molar-refractivity contribution is 0.296. The van der Waals surface area contributed by atoms with Gasteiger partial charge in [0.15, 0.2) is 0 Å². The van der Waals surface area contributed by atoms with Crippen LogP contribution < -0.4 is 10.5 Å². The molecule has 0 unspecified atom stereocenters. The van der Waals surface area contributed by atoms with E-state index < -0.39 is 10.0 Å². The average Bonchev–Trinajstić information content (AvgIpc) is 2.38. The van der Waals surface area contributed by atoms with Gasteiger partial charge < -0.3 is 5.73 Å². The molecular weight excluding hydrogens is 260 g/mol. The second-order valence-corrected chi connectivity index (χ2v) is 7.33. The second-order valence-electron chi connectivity index (χ2n) is 5.56. The summed E-state index contributed by atoms with van der Waals surface area (Å²) in [6.45, 7) is 2.25. The fourth-order valence-electron chi connectivity index (χ4n) is 2.47. The number of hydrogen-bond donors (Lipinski definition) is 2. The van der Waals surface area contributed by atoms with Crippen LogP contribution in [0.4, 0.5) is 0 Å². The van der Waals surface area contributed by atoms with Crippen LogP contribution in [0.3, 0.4) is 0 Å². The number of nitrogens with two attached hydrogens (primary N) is 1. The Labute approximate surface area is 115 Å². The molecule has 0 aliphatic heterocycles. The van der Waals surface area contributed by atoms with E-state index in [1.807, 2.05) is 6.92 Å². The van der Waals surface area contributed by atoms with E-state index in [0.717, 1.165) is 31.2 Å². The van der Waals surface area contributed by atoms with Crippen molar-refractivity contribution >= 4 is 10.0 Å². The van der Waals surface area contributed by atoms with Gasteiger partial charge in [-0.05, 0) is 31.9 Å². The lowest BCUT2D eigenvalue weighted by Crippen LogP contribution is -2.51. The van der Waals surface area contributed by atoms with Crippen molar-refractivity contribution in [2.75, 3.05) is 6.54 Å². The van der Waals surface area contributed by atoms with Gasteiger partial charge in [0.2, 0.25) is 10.0 Å². The maximum Gasteiger partial charge on any atom is 0.240 e. The second kappa shape index (κ2) is 5.61. The predicted molar refractivity (Wildman–Crippen MR) is 76.4 cm³/mol. The molecule has 1 fully saturated rings. The molecule has 0 saturated heterocycles. The minimum absolute atomic E-state index is 0.303. The minimum Gasteiger partial charge on any atom is -0.324 e. The molecule has 4 nitrogen and oxygen atoms in total. The highest BCUT2D eigenvalue weighted by Crippen LogP contribution is 2.25. The molecule has 1 aliphatic rings. The lowest BCUT2D eigenvalue weighted by atomic mass is 9.83. The smallest absolute Gasteiger partial charge is 0.240 e. The van der Waals surface area contributed by atoms with Gasteiger partial charge in [-0.1, -0.05) is 37.0 Å². The first-order valence-corrected chi connectivity index (χ1v) is 8.25. The van der Waals surface area contributed by atoms with Crippen molar-refractivity contribution in [2.45, 2.75) is 49.5 Å². The summed E-state index contributed by atoms with van der Waals surface area (Å²) < 4.78 is 27.0. The molecule has 0 bridgehead atoms. The molecule has 0 radical (unpaired) electrons. The van der Waals surface area contributed by atoms with Crippen molar-refractivity contribution in [3.05, 3.63) is 29.8 Å². The van der Waals surface area contributed by atoms with E-state index >= 15 is 0 Å². The van der Waals surface area contributed by atoms with Gasteiger partial charge in [-0.3, -0.25) is 0 Å². The van der Waals surface area contributed by atoms with E-state index in [2.05, 4.69) is 4.72 Å². The Morgan fingerprint density at radius 2 is 1.74 bits per heavy atom. The van der Waals surface area contributed by atoms with Crippen LogP contribution >= 0.6 is 0 Å². The zero-order valence-electron chi connectivity index (χ0n) is 11.4. The van der Waals surface area contributed by atoms with E-state index in [-0.39, 0.29) is 5.54 Å². The third-order valence-electron chi connectivity index (χ3n) is 3.79. The summed E-state index contributed by atoms with van der Waals surface area (Å²) in [7, 11) is -3.44. The molecule has 0 atom stereocenters. The van der Waals surface area contributed by atoms with Gasteiger partial charge in [-0.25, -0.2) is 13.1 Å². The number of aryl methyl sites for hydroxylation is 1. The largest absolute Gasteiger partial charge is 0.324 e. The van der Waals surface area contributed by atoms with Gasteiger partial charge in [0, 0.05) is 12.1 Å². The number of benzene rings is 1. The van der Waals surface area contributed by atoms with Crippen LogP contribution in [0.1, 0.15) is 37.7 Å². The average molecular weight is 282 g/mol. The molecule has 0 aromatic heterocycles. The van der Waals surface area contributed by atoms with E-state index in [0.29, 0.717) is 11.4 Å². The van der Waals surface area contributed by atoms with Crippen LogP contribution in [0.5, 0.6) is 0 Å². The van der Waals surface area contributed by atoms with Gasteiger partial charge in [-0.15, -0.1) is 0 Å². The summed E-state index contributed by atoms with van der Waals surface area (Å²) in [5.74, 6) is 0. The summed E-state index contributed by atoms with van der Waals surface area (Å²) in [5.41, 5.74) is 6.91. The molecule has 1 aliphatic carbocycles. The third kappa shape index (κ3) is 3.78. The van der Waals surface area contributed by atoms with Crippen molar-refractivity contribution in [1.29, 1.82) is 0 Å². The molecular formula is C14H22N2O2S. The first-order chi connectivity index (χ1) is 8.91. The van der Waals surface area contributed by atoms with Crippen LogP contribution in [-0.4, -0.2) is 20.5 Å². The van der Waals surface area contributed by atoms with Gasteiger partial charge in [0.1, 0.15) is 0 Å². The summed E-state index contributed by atoms with van der Waals surface area (Å²) in [6.07, 6.45) is 5.15. The highest BCUT2D eigenvalue weighted by Gasteiger charge is 2.29. The van der Waals surface area contributed by atoms with E-state index in [4.69, 9.17) is 5.73 Å². The first kappa shape index (κ1) is 14.5. The van der Waals surface area contributed by atoms with Crippen LogP contribution in [0.2, 0.25) is 0 Å². The standard InChI is InChI=1S/C14H22N2O2S/c1-12-5-7-13(8-6-12)19(17,18)16-11-14(15)9-3-2-4-10-14/h5-8,16H,2-4,9-11,15H2,1H3. The van der Waals surface area contributed by atoms with E-state index in [1.54, 1.807) is 24.3 Å². The number of nitrogens with one attached hydrogen (secondary N) is 1. The maximum absolute atomic E-state index is 12.2. The zero-order chi connectivity index (χ0) is 13.9. The first-order valence-electron chi connectivity index (χ1n) is 6.77. The number of sulfonamides is 1. The molecule has 1 saturated carbocycles. The molecule has 0 spiro atoms. The Bertz CT molecular complexity index is 517. The quantitative estimate of drug-likeness (QED) is 0.886. The van der Waals surface area contributed by atoms with Crippen molar-refractivity contribution in [1.82, 2.24) is 4.72 Å². The molecule has 1 aromatic rings. The molecule has 0 heterocycles. The highest BCUT2D eigenvalue weighted by atomic mass is 32.2. The molecule has 0 amide bonds. The Hall–Kier alpha value is -0.910. The fourth-order valence-corrected chi connectivity index (χ4v) is 3.61. The summed E-state index contributed by atoms with van der Waals surface area (Å²) in [4.78, 5) is 0.303. The van der Waals surface area contributed by atoms with Crippen LogP contribution in [0.15, 0.2) is 29.2 Å². The lowest BCUT2D eigenvalue weighted by Gasteiger charge is -2.33. The Morgan fingerprint density at radius 3 is 2.32 bits per heavy atom. The van der Waals surface area contributed by atoms with Gasteiger partial charge in [-0.2, -0.15) is 0 Å². The van der Waals surface area contributed by atoms with E-state index in [1.165, 1.54) is 6.42 Å². The monoisotopic (exact) mass is 282 g/mol. The topological polar surface area (TPSA) is 72.2 Å². The van der Waals surface area contributed by atoms with Crippen molar-refractivity contribution in [3.63, 3.8) is 0 Å². The van der Waals surface area contributed by atoms with E-state index in [9.17, 15) is 8.42 Å². The summed E-state index contributed by atoms with van der Waals surface area (Å²) >= 11 is 0. The van der Waals surface area contributed by atoms with Crippen molar-refractivity contribution < 1.29 is 8.42 Å². The molecule has 19 heavy (non-hydrogen) atoms. The Kier molecular flexibility index (Phi) is 4.28. The van der Waals surface area contributed by atoms with Gasteiger partial charge in [0.25, 0.3) is 0 Å². The van der Waals surface area contributed by atoms with Crippen LogP contribution in [0.25, 0.3) is 0 Å². The molecule has 106 valence electrons. The van der Waals surface area contributed by atoms with Crippen LogP contribution in [0, 0.1) is 6.92 Å². The van der Waals surface area contributed by atoms with Crippen molar-refractivity contribution in [2.24, 2.45) is 5.73 Å². The van der Waals surface area contributed by atoms with Crippen molar-refractivity contribution in [3.8, 4) is 0 Å². The third-order valence-corrected chi connectivity index (χ3v) is 5.21. The fraction of sp³-hybridized carbons (Fsp3) is 0.571. The van der Waals surface area contributed by atoms with Gasteiger partial charge in [0.05, 0.1) is 4.90 Å². The number of rotatable bonds is 4. The molecule has 2 rings (SSSR count). The van der Waals surface area contributed by atoms with Crippen LogP contribution in [-0.2, 0) is 10.0 Å². The Morgan fingerprint density at radius 1 is 1.16 bits per heavy atom. The molecule has 3 N–H and O–H groups in total. The SMILES string of the molecule is Cc1ccc(S(=O)(=O)NCC2(N)CCCCC2)cc1. The maximum atomic E-state index is 12.2.